The number of ketones is 1. The third-order valence-corrected chi connectivity index (χ3v) is 4.90. The SMILES string of the molecule is CC(=O)[C@@H](Cc1ccccc1)NC(=O)COC(=O)COc1ccc2c(c1)CCC2. The van der Waals surface area contributed by atoms with Crippen LogP contribution in [0.4, 0.5) is 0 Å². The number of hydrogen-bond donors (Lipinski definition) is 1. The number of ether oxygens (including phenoxy) is 2. The molecule has 0 heterocycles. The fourth-order valence-electron chi connectivity index (χ4n) is 3.35. The van der Waals surface area contributed by atoms with E-state index < -0.39 is 24.5 Å². The highest BCUT2D eigenvalue weighted by atomic mass is 16.6. The highest BCUT2D eigenvalue weighted by molar-refractivity contribution is 5.88. The van der Waals surface area contributed by atoms with E-state index >= 15 is 0 Å². The molecule has 0 radical (unpaired) electrons. The molecule has 2 aromatic carbocycles. The van der Waals surface area contributed by atoms with Gasteiger partial charge in [0.15, 0.2) is 19.0 Å². The van der Waals surface area contributed by atoms with Crippen molar-refractivity contribution >= 4 is 17.7 Å². The van der Waals surface area contributed by atoms with Gasteiger partial charge in [-0.1, -0.05) is 36.4 Å². The van der Waals surface area contributed by atoms with Crippen LogP contribution in [0.5, 0.6) is 5.75 Å². The molecule has 0 bridgehead atoms. The van der Waals surface area contributed by atoms with Gasteiger partial charge < -0.3 is 14.8 Å². The largest absolute Gasteiger partial charge is 0.482 e. The van der Waals surface area contributed by atoms with Crippen molar-refractivity contribution in [2.24, 2.45) is 0 Å². The highest BCUT2D eigenvalue weighted by Gasteiger charge is 2.19. The Kier molecular flexibility index (Phi) is 7.00. The lowest BCUT2D eigenvalue weighted by molar-refractivity contribution is -0.150. The van der Waals surface area contributed by atoms with Crippen molar-refractivity contribution in [2.45, 2.75) is 38.6 Å². The van der Waals surface area contributed by atoms with Crippen LogP contribution in [-0.4, -0.2) is 36.9 Å². The lowest BCUT2D eigenvalue weighted by Gasteiger charge is -2.16. The van der Waals surface area contributed by atoms with Crippen molar-refractivity contribution < 1.29 is 23.9 Å². The molecule has 0 saturated carbocycles. The molecule has 3 rings (SSSR count). The maximum absolute atomic E-state index is 12.1. The summed E-state index contributed by atoms with van der Waals surface area (Å²) in [7, 11) is 0. The van der Waals surface area contributed by atoms with E-state index in [-0.39, 0.29) is 12.4 Å². The normalized spacial score (nSPS) is 13.3. The number of rotatable bonds is 9. The summed E-state index contributed by atoms with van der Waals surface area (Å²) in [5, 5.41) is 2.62. The smallest absolute Gasteiger partial charge is 0.344 e. The van der Waals surface area contributed by atoms with Gasteiger partial charge in [0.25, 0.3) is 5.91 Å². The number of benzene rings is 2. The molecule has 1 amide bonds. The first-order chi connectivity index (χ1) is 14.0. The Morgan fingerprint density at radius 3 is 2.52 bits per heavy atom. The summed E-state index contributed by atoms with van der Waals surface area (Å²) in [6, 6.07) is 14.5. The van der Waals surface area contributed by atoms with Gasteiger partial charge >= 0.3 is 5.97 Å². The number of fused-ring (bicyclic) bond motifs is 1. The van der Waals surface area contributed by atoms with Crippen molar-refractivity contribution in [1.82, 2.24) is 5.32 Å². The lowest BCUT2D eigenvalue weighted by atomic mass is 10.0. The Hall–Kier alpha value is -3.15. The van der Waals surface area contributed by atoms with Crippen molar-refractivity contribution in [2.75, 3.05) is 13.2 Å². The molecule has 0 fully saturated rings. The van der Waals surface area contributed by atoms with Gasteiger partial charge in [0, 0.05) is 0 Å². The van der Waals surface area contributed by atoms with E-state index in [4.69, 9.17) is 9.47 Å². The number of carbonyl (C=O) groups excluding carboxylic acids is 3. The zero-order chi connectivity index (χ0) is 20.6. The summed E-state index contributed by atoms with van der Waals surface area (Å²) < 4.78 is 10.4. The summed E-state index contributed by atoms with van der Waals surface area (Å²) in [5.41, 5.74) is 3.52. The highest BCUT2D eigenvalue weighted by Crippen LogP contribution is 2.25. The molecule has 1 N–H and O–H groups in total. The second-order valence-electron chi connectivity index (χ2n) is 7.15. The number of aryl methyl sites for hydroxylation is 2. The second kappa shape index (κ2) is 9.87. The van der Waals surface area contributed by atoms with Gasteiger partial charge in [0.2, 0.25) is 0 Å². The number of esters is 1. The summed E-state index contributed by atoms with van der Waals surface area (Å²) in [5.74, 6) is -0.699. The van der Waals surface area contributed by atoms with Crippen LogP contribution in [0, 0.1) is 0 Å². The summed E-state index contributed by atoms with van der Waals surface area (Å²) in [6.45, 7) is 0.696. The van der Waals surface area contributed by atoms with Gasteiger partial charge in [0.1, 0.15) is 5.75 Å². The quantitative estimate of drug-likeness (QED) is 0.660. The number of Topliss-reactive ketones (excluding diaryl/α,β-unsaturated/α-hetero) is 1. The van der Waals surface area contributed by atoms with Crippen LogP contribution in [0.15, 0.2) is 48.5 Å². The minimum absolute atomic E-state index is 0.159. The van der Waals surface area contributed by atoms with E-state index in [0.29, 0.717) is 12.2 Å². The van der Waals surface area contributed by atoms with Gasteiger partial charge in [-0.3, -0.25) is 9.59 Å². The summed E-state index contributed by atoms with van der Waals surface area (Å²) in [6.07, 6.45) is 3.63. The molecule has 0 aliphatic heterocycles. The standard InChI is InChI=1S/C23H25NO5/c1-16(25)21(12-17-6-3-2-4-7-17)24-22(26)14-29-23(27)15-28-20-11-10-18-8-5-9-19(18)13-20/h2-4,6-7,10-11,13,21H,5,8-9,12,14-15H2,1H3,(H,24,26)/t21-/m1/s1. The van der Waals surface area contributed by atoms with E-state index in [1.807, 2.05) is 48.5 Å². The molecule has 0 unspecified atom stereocenters. The predicted molar refractivity (Wildman–Crippen MR) is 108 cm³/mol. The Morgan fingerprint density at radius 1 is 1.00 bits per heavy atom. The number of nitrogens with one attached hydrogen (secondary N) is 1. The third-order valence-electron chi connectivity index (χ3n) is 4.90. The maximum Gasteiger partial charge on any atom is 0.344 e. The van der Waals surface area contributed by atoms with Crippen LogP contribution in [0.1, 0.15) is 30.0 Å². The molecule has 1 aliphatic carbocycles. The average molecular weight is 395 g/mol. The fraction of sp³-hybridized carbons (Fsp3) is 0.348. The van der Waals surface area contributed by atoms with Gasteiger partial charge in [0.05, 0.1) is 6.04 Å². The second-order valence-corrected chi connectivity index (χ2v) is 7.15. The Morgan fingerprint density at radius 2 is 1.76 bits per heavy atom. The number of amides is 1. The molecule has 152 valence electrons. The molecule has 2 aromatic rings. The van der Waals surface area contributed by atoms with Crippen LogP contribution >= 0.6 is 0 Å². The van der Waals surface area contributed by atoms with Crippen LogP contribution in [0.3, 0.4) is 0 Å². The Bertz CT molecular complexity index is 878. The fourth-order valence-corrected chi connectivity index (χ4v) is 3.35. The van der Waals surface area contributed by atoms with E-state index in [2.05, 4.69) is 5.32 Å². The van der Waals surface area contributed by atoms with Crippen molar-refractivity contribution in [3.8, 4) is 5.75 Å². The van der Waals surface area contributed by atoms with E-state index in [0.717, 1.165) is 24.8 Å². The van der Waals surface area contributed by atoms with Crippen molar-refractivity contribution in [3.63, 3.8) is 0 Å². The zero-order valence-corrected chi connectivity index (χ0v) is 16.5. The van der Waals surface area contributed by atoms with Crippen LogP contribution < -0.4 is 10.1 Å². The first kappa shape index (κ1) is 20.6. The van der Waals surface area contributed by atoms with E-state index in [1.54, 1.807) is 0 Å². The number of hydrogen-bond acceptors (Lipinski definition) is 5. The van der Waals surface area contributed by atoms with Gasteiger partial charge in [-0.25, -0.2) is 4.79 Å². The Balaban J connectivity index is 1.41. The monoisotopic (exact) mass is 395 g/mol. The molecule has 0 aromatic heterocycles. The molecule has 1 atom stereocenters. The maximum atomic E-state index is 12.1. The Labute approximate surface area is 170 Å². The molecule has 6 nitrogen and oxygen atoms in total. The van der Waals surface area contributed by atoms with Gasteiger partial charge in [-0.15, -0.1) is 0 Å². The first-order valence-electron chi connectivity index (χ1n) is 9.75. The summed E-state index contributed by atoms with van der Waals surface area (Å²) in [4.78, 5) is 35.8. The van der Waals surface area contributed by atoms with Crippen molar-refractivity contribution in [3.05, 3.63) is 65.2 Å². The summed E-state index contributed by atoms with van der Waals surface area (Å²) >= 11 is 0. The van der Waals surface area contributed by atoms with Crippen LogP contribution in [-0.2, 0) is 38.4 Å². The van der Waals surface area contributed by atoms with E-state index in [9.17, 15) is 14.4 Å². The third kappa shape index (κ3) is 6.17. The molecule has 6 heteroatoms. The first-order valence-corrected chi connectivity index (χ1v) is 9.75. The van der Waals surface area contributed by atoms with E-state index in [1.165, 1.54) is 18.1 Å². The lowest BCUT2D eigenvalue weighted by Crippen LogP contribution is -2.43. The van der Waals surface area contributed by atoms with Crippen molar-refractivity contribution in [1.29, 1.82) is 0 Å². The van der Waals surface area contributed by atoms with Crippen LogP contribution in [0.2, 0.25) is 0 Å². The molecule has 29 heavy (non-hydrogen) atoms. The molecule has 1 aliphatic rings. The molecular formula is C23H25NO5. The zero-order valence-electron chi connectivity index (χ0n) is 16.5. The predicted octanol–water partition coefficient (Wildman–Crippen LogP) is 2.41. The average Bonchev–Trinajstić information content (AvgIpc) is 3.19. The van der Waals surface area contributed by atoms with Gasteiger partial charge in [-0.05, 0) is 61.4 Å². The molecule has 0 spiro atoms. The minimum Gasteiger partial charge on any atom is -0.482 e. The van der Waals surface area contributed by atoms with Crippen LogP contribution in [0.25, 0.3) is 0 Å². The molecular weight excluding hydrogens is 370 g/mol. The van der Waals surface area contributed by atoms with Gasteiger partial charge in [-0.2, -0.15) is 0 Å². The molecule has 0 saturated heterocycles. The minimum atomic E-state index is -0.661. The number of carbonyl (C=O) groups is 3. The topological polar surface area (TPSA) is 81.7 Å².